The predicted octanol–water partition coefficient (Wildman–Crippen LogP) is 1.28. The van der Waals surface area contributed by atoms with E-state index in [-0.39, 0.29) is 49.8 Å². The molecule has 0 aromatic rings. The molecule has 0 saturated carbocycles. The van der Waals surface area contributed by atoms with Gasteiger partial charge in [-0.3, -0.25) is 20.2 Å². The van der Waals surface area contributed by atoms with E-state index in [1.54, 1.807) is 6.08 Å². The molecule has 3 aliphatic rings. The summed E-state index contributed by atoms with van der Waals surface area (Å²) < 4.78 is 5.22. The first-order valence-electron chi connectivity index (χ1n) is 9.27. The molecule has 7 heteroatoms. The fourth-order valence-electron chi connectivity index (χ4n) is 3.57. The van der Waals surface area contributed by atoms with Gasteiger partial charge in [-0.05, 0) is 27.2 Å². The van der Waals surface area contributed by atoms with Crippen molar-refractivity contribution in [3.8, 4) is 0 Å². The summed E-state index contributed by atoms with van der Waals surface area (Å²) in [7, 11) is 0. The van der Waals surface area contributed by atoms with Gasteiger partial charge in [-0.2, -0.15) is 0 Å². The topological polar surface area (TPSA) is 87.7 Å². The number of ether oxygens (including phenoxy) is 1. The van der Waals surface area contributed by atoms with E-state index >= 15 is 0 Å². The average molecular weight is 365 g/mol. The minimum absolute atomic E-state index is 0.0405. The largest absolute Gasteiger partial charge is 0.445 e. The van der Waals surface area contributed by atoms with E-state index < -0.39 is 17.2 Å². The molecule has 1 saturated heterocycles. The van der Waals surface area contributed by atoms with Gasteiger partial charge in [0.1, 0.15) is 12.1 Å². The number of nitrogens with zero attached hydrogens (tertiary/aromatic N) is 1. The van der Waals surface area contributed by atoms with Crippen molar-refractivity contribution in [2.45, 2.75) is 58.2 Å². The molecule has 0 aromatic carbocycles. The lowest BCUT2D eigenvalue weighted by molar-refractivity contribution is -0.132. The second-order valence-corrected chi connectivity index (χ2v) is 8.12. The molecule has 2 bridgehead atoms. The maximum atomic E-state index is 13.0. The van der Waals surface area contributed by atoms with Crippen molar-refractivity contribution in [3.05, 3.63) is 12.2 Å². The summed E-state index contributed by atoms with van der Waals surface area (Å²) in [6.07, 6.45) is 3.58. The van der Waals surface area contributed by atoms with Gasteiger partial charge in [-0.1, -0.05) is 26.0 Å². The van der Waals surface area contributed by atoms with E-state index in [1.807, 2.05) is 40.7 Å². The maximum Gasteiger partial charge on any atom is 0.410 e. The number of rotatable bonds is 4. The Kier molecular flexibility index (Phi) is 6.24. The van der Waals surface area contributed by atoms with Crippen LogP contribution >= 0.6 is 0 Å². The van der Waals surface area contributed by atoms with Crippen LogP contribution < -0.4 is 10.6 Å². The highest BCUT2D eigenvalue weighted by molar-refractivity contribution is 5.95. The Labute approximate surface area is 155 Å². The van der Waals surface area contributed by atoms with Crippen LogP contribution in [0.15, 0.2) is 12.2 Å². The van der Waals surface area contributed by atoms with E-state index in [9.17, 15) is 14.4 Å². The number of hydrogen-bond acceptors (Lipinski definition) is 6. The SMILES string of the molecule is CC(C)NC12CN(C1)C(=O)OCC=CCC(C)(C(=O)C(C)C)NCC2=O. The van der Waals surface area contributed by atoms with Crippen molar-refractivity contribution in [1.29, 1.82) is 0 Å². The van der Waals surface area contributed by atoms with Crippen LogP contribution in [0.5, 0.6) is 0 Å². The van der Waals surface area contributed by atoms with Gasteiger partial charge in [0.2, 0.25) is 0 Å². The number of nitrogens with one attached hydrogen (secondary N) is 2. The molecule has 7 nitrogen and oxygen atoms in total. The zero-order valence-electron chi connectivity index (χ0n) is 16.4. The second kappa shape index (κ2) is 7.88. The van der Waals surface area contributed by atoms with Crippen molar-refractivity contribution in [2.24, 2.45) is 5.92 Å². The molecule has 3 rings (SSSR count). The van der Waals surface area contributed by atoms with Crippen molar-refractivity contribution in [2.75, 3.05) is 26.2 Å². The van der Waals surface area contributed by atoms with Crippen molar-refractivity contribution >= 4 is 17.7 Å². The number of ketones is 2. The molecule has 3 heterocycles. The van der Waals surface area contributed by atoms with Crippen LogP contribution in [0, 0.1) is 5.92 Å². The van der Waals surface area contributed by atoms with Crippen LogP contribution in [0.1, 0.15) is 41.0 Å². The third-order valence-corrected chi connectivity index (χ3v) is 4.98. The van der Waals surface area contributed by atoms with E-state index in [1.165, 1.54) is 4.90 Å². The molecule has 26 heavy (non-hydrogen) atoms. The van der Waals surface area contributed by atoms with Gasteiger partial charge in [-0.25, -0.2) is 4.79 Å². The smallest absolute Gasteiger partial charge is 0.410 e. The summed E-state index contributed by atoms with van der Waals surface area (Å²) in [5.74, 6) is -0.129. The van der Waals surface area contributed by atoms with Crippen LogP contribution in [0.3, 0.4) is 0 Å². The fourth-order valence-corrected chi connectivity index (χ4v) is 3.57. The lowest BCUT2D eigenvalue weighted by atomic mass is 9.82. The lowest BCUT2D eigenvalue weighted by Crippen LogP contribution is -2.76. The summed E-state index contributed by atoms with van der Waals surface area (Å²) in [6.45, 7) is 10.3. The number of carbonyl (C=O) groups excluding carboxylic acids is 3. The van der Waals surface area contributed by atoms with Crippen LogP contribution in [0.4, 0.5) is 4.79 Å². The first-order valence-corrected chi connectivity index (χ1v) is 9.27. The molecule has 1 unspecified atom stereocenters. The molecule has 1 atom stereocenters. The number of fused-ring (bicyclic) bond motifs is 8. The van der Waals surface area contributed by atoms with Gasteiger partial charge in [-0.15, -0.1) is 0 Å². The summed E-state index contributed by atoms with van der Waals surface area (Å²) >= 11 is 0. The Balaban J connectivity index is 2.25. The summed E-state index contributed by atoms with van der Waals surface area (Å²) in [6, 6.07) is 0.0955. The molecule has 0 aromatic heterocycles. The van der Waals surface area contributed by atoms with Gasteiger partial charge < -0.3 is 9.64 Å². The molecular formula is C19H31N3O4. The Morgan fingerprint density at radius 1 is 1.23 bits per heavy atom. The molecule has 2 N–H and O–H groups in total. The maximum absolute atomic E-state index is 13.0. The third-order valence-electron chi connectivity index (χ3n) is 4.98. The Morgan fingerprint density at radius 3 is 2.46 bits per heavy atom. The van der Waals surface area contributed by atoms with Gasteiger partial charge in [0, 0.05) is 12.0 Å². The fraction of sp³-hybridized carbons (Fsp3) is 0.737. The van der Waals surface area contributed by atoms with Gasteiger partial charge in [0.25, 0.3) is 0 Å². The van der Waals surface area contributed by atoms with Gasteiger partial charge in [0.15, 0.2) is 11.6 Å². The number of carbonyl (C=O) groups is 3. The van der Waals surface area contributed by atoms with Crippen LogP contribution in [0.25, 0.3) is 0 Å². The monoisotopic (exact) mass is 365 g/mol. The second-order valence-electron chi connectivity index (χ2n) is 8.12. The standard InChI is InChI=1S/C19H31N3O4/c1-13(2)16(24)18(5)8-6-7-9-26-17(25)22-11-19(12-22,21-14(3)4)15(23)10-20-18/h6-7,13-14,20-21H,8-12H2,1-5H3. The summed E-state index contributed by atoms with van der Waals surface area (Å²) in [5, 5.41) is 6.50. The molecular weight excluding hydrogens is 334 g/mol. The predicted molar refractivity (Wildman–Crippen MR) is 98.9 cm³/mol. The normalized spacial score (nSPS) is 30.3. The Bertz CT molecular complexity index is 594. The van der Waals surface area contributed by atoms with Crippen LogP contribution in [-0.4, -0.2) is 65.9 Å². The van der Waals surface area contributed by atoms with Crippen molar-refractivity contribution in [3.63, 3.8) is 0 Å². The molecule has 0 aliphatic carbocycles. The molecule has 1 fully saturated rings. The Morgan fingerprint density at radius 2 is 1.88 bits per heavy atom. The molecule has 1 amide bonds. The quantitative estimate of drug-likeness (QED) is 0.730. The average Bonchev–Trinajstić information content (AvgIpc) is 2.54. The highest BCUT2D eigenvalue weighted by Gasteiger charge is 2.51. The minimum atomic E-state index is -0.832. The van der Waals surface area contributed by atoms with E-state index in [2.05, 4.69) is 10.6 Å². The zero-order chi connectivity index (χ0) is 19.5. The Hall–Kier alpha value is -1.73. The first kappa shape index (κ1) is 20.6. The molecule has 3 aliphatic heterocycles. The van der Waals surface area contributed by atoms with Gasteiger partial charge >= 0.3 is 6.09 Å². The third kappa shape index (κ3) is 4.32. The van der Waals surface area contributed by atoms with Crippen molar-refractivity contribution < 1.29 is 19.1 Å². The number of amides is 1. The van der Waals surface area contributed by atoms with Gasteiger partial charge in [0.05, 0.1) is 25.2 Å². The molecule has 0 spiro atoms. The summed E-state index contributed by atoms with van der Waals surface area (Å²) in [5.41, 5.74) is -1.62. The highest BCUT2D eigenvalue weighted by Crippen LogP contribution is 2.25. The van der Waals surface area contributed by atoms with E-state index in [0.717, 1.165) is 0 Å². The number of hydrogen-bond donors (Lipinski definition) is 2. The molecule has 0 radical (unpaired) electrons. The molecule has 146 valence electrons. The number of Topliss-reactive ketones (excluding diaryl/α,β-unsaturated/α-hetero) is 2. The lowest BCUT2D eigenvalue weighted by Gasteiger charge is -2.49. The van der Waals surface area contributed by atoms with E-state index in [0.29, 0.717) is 6.42 Å². The minimum Gasteiger partial charge on any atom is -0.445 e. The van der Waals surface area contributed by atoms with Crippen molar-refractivity contribution in [1.82, 2.24) is 15.5 Å². The zero-order valence-corrected chi connectivity index (χ0v) is 16.4. The first-order chi connectivity index (χ1) is 12.1. The van der Waals surface area contributed by atoms with Crippen LogP contribution in [0.2, 0.25) is 0 Å². The van der Waals surface area contributed by atoms with E-state index in [4.69, 9.17) is 4.74 Å². The van der Waals surface area contributed by atoms with Crippen LogP contribution in [-0.2, 0) is 14.3 Å². The highest BCUT2D eigenvalue weighted by atomic mass is 16.6. The summed E-state index contributed by atoms with van der Waals surface area (Å²) in [4.78, 5) is 39.3.